The summed E-state index contributed by atoms with van der Waals surface area (Å²) in [4.78, 5) is 26.3. The van der Waals surface area contributed by atoms with E-state index >= 15 is 0 Å². The molecule has 1 N–H and O–H groups in total. The molecule has 0 bridgehead atoms. The number of amides is 1. The van der Waals surface area contributed by atoms with Gasteiger partial charge in [0.05, 0.1) is 18.2 Å². The van der Waals surface area contributed by atoms with Gasteiger partial charge in [0.1, 0.15) is 0 Å². The molecule has 4 nitrogen and oxygen atoms in total. The minimum atomic E-state index is -0.858. The van der Waals surface area contributed by atoms with Crippen molar-refractivity contribution in [2.24, 2.45) is 0 Å². The first kappa shape index (κ1) is 16.0. The van der Waals surface area contributed by atoms with Crippen molar-refractivity contribution >= 4 is 11.7 Å². The maximum Gasteiger partial charge on any atom is 0.254 e. The minimum Gasteiger partial charge on any atom is -0.388 e. The van der Waals surface area contributed by atoms with Crippen LogP contribution in [0.3, 0.4) is 0 Å². The van der Waals surface area contributed by atoms with E-state index < -0.39 is 5.60 Å². The largest absolute Gasteiger partial charge is 0.388 e. The van der Waals surface area contributed by atoms with Gasteiger partial charge in [-0.3, -0.25) is 9.59 Å². The Kier molecular flexibility index (Phi) is 3.73. The van der Waals surface area contributed by atoms with Crippen LogP contribution in [0.25, 0.3) is 11.1 Å². The standard InChI is InChI=1S/C21H21NO3/c1-14-4-2-3-5-18(14)15-6-8-16(9-7-15)20(24)22-13-17(23)12-19(22)21(25)10-11-21/h2-9,19,25H,10-13H2,1H3/t19-/m0/s1. The molecule has 0 spiro atoms. The van der Waals surface area contributed by atoms with Crippen LogP contribution in [0.5, 0.6) is 0 Å². The molecule has 0 radical (unpaired) electrons. The number of rotatable bonds is 3. The van der Waals surface area contributed by atoms with E-state index in [9.17, 15) is 14.7 Å². The molecule has 4 rings (SSSR count). The predicted octanol–water partition coefficient (Wildman–Crippen LogP) is 2.97. The van der Waals surface area contributed by atoms with Gasteiger partial charge in [-0.05, 0) is 48.6 Å². The molecule has 2 fully saturated rings. The van der Waals surface area contributed by atoms with E-state index in [1.54, 1.807) is 17.0 Å². The molecule has 0 unspecified atom stereocenters. The van der Waals surface area contributed by atoms with Gasteiger partial charge in [-0.25, -0.2) is 0 Å². The Balaban J connectivity index is 1.59. The van der Waals surface area contributed by atoms with Crippen LogP contribution in [-0.2, 0) is 4.79 Å². The molecule has 1 atom stereocenters. The zero-order valence-electron chi connectivity index (χ0n) is 14.2. The third-order valence-electron chi connectivity index (χ3n) is 5.38. The summed E-state index contributed by atoms with van der Waals surface area (Å²) in [6.07, 6.45) is 1.60. The maximum atomic E-state index is 12.9. The molecule has 1 heterocycles. The average molecular weight is 335 g/mol. The third-order valence-corrected chi connectivity index (χ3v) is 5.38. The summed E-state index contributed by atoms with van der Waals surface area (Å²) in [5, 5.41) is 10.4. The van der Waals surface area contributed by atoms with Gasteiger partial charge in [-0.2, -0.15) is 0 Å². The molecule has 1 saturated carbocycles. The molecular formula is C21H21NO3. The molecule has 1 aliphatic carbocycles. The zero-order valence-corrected chi connectivity index (χ0v) is 14.2. The van der Waals surface area contributed by atoms with E-state index in [4.69, 9.17) is 0 Å². The number of Topliss-reactive ketones (excluding diaryl/α,β-unsaturated/α-hetero) is 1. The molecule has 128 valence electrons. The topological polar surface area (TPSA) is 57.6 Å². The monoisotopic (exact) mass is 335 g/mol. The summed E-state index contributed by atoms with van der Waals surface area (Å²) in [6, 6.07) is 15.2. The molecule has 2 aliphatic rings. The van der Waals surface area contributed by atoms with Gasteiger partial charge in [0.2, 0.25) is 0 Å². The van der Waals surface area contributed by atoms with Gasteiger partial charge >= 0.3 is 0 Å². The Labute approximate surface area is 147 Å². The SMILES string of the molecule is Cc1ccccc1-c1ccc(C(=O)N2CC(=O)C[C@H]2C2(O)CC2)cc1. The van der Waals surface area contributed by atoms with Crippen molar-refractivity contribution in [1.82, 2.24) is 4.90 Å². The first-order chi connectivity index (χ1) is 12.0. The highest BCUT2D eigenvalue weighted by molar-refractivity contribution is 5.99. The fraction of sp³-hybridized carbons (Fsp3) is 0.333. The second-order valence-corrected chi connectivity index (χ2v) is 7.19. The summed E-state index contributed by atoms with van der Waals surface area (Å²) in [6.45, 7) is 2.16. The quantitative estimate of drug-likeness (QED) is 0.938. The number of hydrogen-bond acceptors (Lipinski definition) is 3. The number of likely N-dealkylation sites (tertiary alicyclic amines) is 1. The third kappa shape index (κ3) is 2.87. The van der Waals surface area contributed by atoms with Crippen LogP contribution in [0.15, 0.2) is 48.5 Å². The molecule has 2 aromatic carbocycles. The van der Waals surface area contributed by atoms with Crippen LogP contribution in [0.4, 0.5) is 0 Å². The molecule has 0 aromatic heterocycles. The van der Waals surface area contributed by atoms with Gasteiger partial charge in [-0.15, -0.1) is 0 Å². The molecule has 1 aliphatic heterocycles. The number of ketones is 1. The number of nitrogens with zero attached hydrogens (tertiary/aromatic N) is 1. The van der Waals surface area contributed by atoms with Gasteiger partial charge in [0.25, 0.3) is 5.91 Å². The number of carbonyl (C=O) groups is 2. The molecule has 4 heteroatoms. The number of benzene rings is 2. The second kappa shape index (κ2) is 5.81. The van der Waals surface area contributed by atoms with Crippen LogP contribution in [-0.4, -0.2) is 39.9 Å². The zero-order chi connectivity index (χ0) is 17.6. The lowest BCUT2D eigenvalue weighted by Gasteiger charge is -2.28. The van der Waals surface area contributed by atoms with Crippen molar-refractivity contribution in [3.05, 3.63) is 59.7 Å². The van der Waals surface area contributed by atoms with E-state index in [0.29, 0.717) is 18.4 Å². The van der Waals surface area contributed by atoms with Gasteiger partial charge in [-0.1, -0.05) is 36.4 Å². The van der Waals surface area contributed by atoms with Gasteiger partial charge in [0.15, 0.2) is 5.78 Å². The highest BCUT2D eigenvalue weighted by Gasteiger charge is 2.54. The number of aryl methyl sites for hydroxylation is 1. The van der Waals surface area contributed by atoms with E-state index in [-0.39, 0.29) is 30.7 Å². The normalized spacial score (nSPS) is 21.4. The molecule has 1 amide bonds. The Morgan fingerprint density at radius 2 is 1.80 bits per heavy atom. The smallest absolute Gasteiger partial charge is 0.254 e. The van der Waals surface area contributed by atoms with E-state index in [1.165, 1.54) is 5.56 Å². The molecule has 2 aromatic rings. The second-order valence-electron chi connectivity index (χ2n) is 7.19. The highest BCUT2D eigenvalue weighted by Crippen LogP contribution is 2.44. The van der Waals surface area contributed by atoms with Crippen molar-refractivity contribution in [1.29, 1.82) is 0 Å². The Morgan fingerprint density at radius 3 is 2.44 bits per heavy atom. The maximum absolute atomic E-state index is 12.9. The summed E-state index contributed by atoms with van der Waals surface area (Å²) < 4.78 is 0. The minimum absolute atomic E-state index is 0.0233. The fourth-order valence-electron chi connectivity index (χ4n) is 3.70. The first-order valence-corrected chi connectivity index (χ1v) is 8.69. The Bertz CT molecular complexity index is 836. The van der Waals surface area contributed by atoms with Crippen molar-refractivity contribution in [3.8, 4) is 11.1 Å². The lowest BCUT2D eigenvalue weighted by Crippen LogP contribution is -2.44. The number of aliphatic hydroxyl groups is 1. The molecule has 25 heavy (non-hydrogen) atoms. The van der Waals surface area contributed by atoms with Crippen molar-refractivity contribution in [2.75, 3.05) is 6.54 Å². The van der Waals surface area contributed by atoms with Crippen LogP contribution < -0.4 is 0 Å². The van der Waals surface area contributed by atoms with Crippen LogP contribution in [0, 0.1) is 6.92 Å². The predicted molar refractivity (Wildman–Crippen MR) is 95.2 cm³/mol. The van der Waals surface area contributed by atoms with Crippen molar-refractivity contribution < 1.29 is 14.7 Å². The average Bonchev–Trinajstić information content (AvgIpc) is 3.24. The van der Waals surface area contributed by atoms with Crippen LogP contribution in [0.2, 0.25) is 0 Å². The van der Waals surface area contributed by atoms with E-state index in [1.807, 2.05) is 24.3 Å². The van der Waals surface area contributed by atoms with E-state index in [2.05, 4.69) is 19.1 Å². The summed E-state index contributed by atoms with van der Waals surface area (Å²) >= 11 is 0. The molecular weight excluding hydrogens is 314 g/mol. The van der Waals surface area contributed by atoms with E-state index in [0.717, 1.165) is 11.1 Å². The van der Waals surface area contributed by atoms with Crippen molar-refractivity contribution in [3.63, 3.8) is 0 Å². The van der Waals surface area contributed by atoms with Crippen LogP contribution >= 0.6 is 0 Å². The highest BCUT2D eigenvalue weighted by atomic mass is 16.3. The Morgan fingerprint density at radius 1 is 1.12 bits per heavy atom. The summed E-state index contributed by atoms with van der Waals surface area (Å²) in [5.74, 6) is -0.150. The molecule has 1 saturated heterocycles. The summed E-state index contributed by atoms with van der Waals surface area (Å²) in [5.41, 5.74) is 3.08. The summed E-state index contributed by atoms with van der Waals surface area (Å²) in [7, 11) is 0. The van der Waals surface area contributed by atoms with Crippen LogP contribution in [0.1, 0.15) is 35.2 Å². The van der Waals surface area contributed by atoms with Crippen molar-refractivity contribution in [2.45, 2.75) is 37.8 Å². The lowest BCUT2D eigenvalue weighted by atomic mass is 9.99. The fourth-order valence-corrected chi connectivity index (χ4v) is 3.70. The van der Waals surface area contributed by atoms with Gasteiger partial charge < -0.3 is 10.0 Å². The Hall–Kier alpha value is -2.46. The number of hydrogen-bond donors (Lipinski definition) is 1. The lowest BCUT2D eigenvalue weighted by molar-refractivity contribution is -0.117. The first-order valence-electron chi connectivity index (χ1n) is 8.69. The van der Waals surface area contributed by atoms with Gasteiger partial charge in [0, 0.05) is 12.0 Å². The number of carbonyl (C=O) groups excluding carboxylic acids is 2.